The van der Waals surface area contributed by atoms with Gasteiger partial charge in [-0.3, -0.25) is 4.79 Å². The molecule has 1 saturated heterocycles. The molecule has 2 aromatic rings. The number of likely N-dealkylation sites (tertiary alicyclic amines) is 1. The Balaban J connectivity index is 0.00000196. The maximum Gasteiger partial charge on any atom is 0.226 e. The monoisotopic (exact) mass is 372 g/mol. The van der Waals surface area contributed by atoms with Crippen LogP contribution in [0, 0.1) is 11.8 Å². The second kappa shape index (κ2) is 8.41. The van der Waals surface area contributed by atoms with Crippen LogP contribution in [0.2, 0.25) is 0 Å². The average Bonchev–Trinajstić information content (AvgIpc) is 3.16. The van der Waals surface area contributed by atoms with E-state index in [1.54, 1.807) is 0 Å². The average molecular weight is 373 g/mol. The zero-order chi connectivity index (χ0) is 17.2. The number of rotatable bonds is 3. The normalized spacial score (nSPS) is 23.8. The highest BCUT2D eigenvalue weighted by Gasteiger charge is 2.36. The third-order valence-electron chi connectivity index (χ3n) is 6.35. The minimum Gasteiger partial charge on any atom is -0.342 e. The van der Waals surface area contributed by atoms with Crippen LogP contribution in [-0.4, -0.2) is 30.4 Å². The van der Waals surface area contributed by atoms with Crippen LogP contribution in [0.15, 0.2) is 42.5 Å². The lowest BCUT2D eigenvalue weighted by Crippen LogP contribution is -2.43. The zero-order valence-corrected chi connectivity index (χ0v) is 16.1. The molecule has 1 amide bonds. The fourth-order valence-corrected chi connectivity index (χ4v) is 4.90. The number of piperidine rings is 1. The number of halogens is 1. The number of amides is 1. The second-order valence-corrected chi connectivity index (χ2v) is 7.70. The van der Waals surface area contributed by atoms with E-state index in [0.717, 1.165) is 45.2 Å². The van der Waals surface area contributed by atoms with Crippen LogP contribution in [0.25, 0.3) is 10.8 Å². The summed E-state index contributed by atoms with van der Waals surface area (Å²) in [6.07, 6.45) is 5.45. The van der Waals surface area contributed by atoms with Crippen molar-refractivity contribution in [3.05, 3.63) is 48.0 Å². The summed E-state index contributed by atoms with van der Waals surface area (Å²) in [7, 11) is 0. The van der Waals surface area contributed by atoms with E-state index in [1.165, 1.54) is 16.3 Å². The van der Waals surface area contributed by atoms with Crippen LogP contribution in [0.5, 0.6) is 0 Å². The Labute approximate surface area is 162 Å². The lowest BCUT2D eigenvalue weighted by Gasteiger charge is -2.35. The van der Waals surface area contributed by atoms with Crippen molar-refractivity contribution in [2.45, 2.75) is 38.0 Å². The van der Waals surface area contributed by atoms with Gasteiger partial charge in [-0.25, -0.2) is 0 Å². The Hall–Kier alpha value is -1.58. The Morgan fingerprint density at radius 2 is 1.73 bits per heavy atom. The first-order chi connectivity index (χ1) is 12.3. The first-order valence-electron chi connectivity index (χ1n) is 9.74. The number of carbonyl (C=O) groups excluding carboxylic acids is 1. The third kappa shape index (κ3) is 3.60. The molecule has 1 aliphatic carbocycles. The van der Waals surface area contributed by atoms with E-state index in [1.807, 2.05) is 0 Å². The van der Waals surface area contributed by atoms with Gasteiger partial charge in [0, 0.05) is 19.0 Å². The number of carbonyl (C=O) groups is 1. The Morgan fingerprint density at radius 1 is 1.00 bits per heavy atom. The largest absolute Gasteiger partial charge is 0.342 e. The van der Waals surface area contributed by atoms with Gasteiger partial charge in [0.2, 0.25) is 5.91 Å². The van der Waals surface area contributed by atoms with E-state index in [4.69, 9.17) is 5.73 Å². The maximum absolute atomic E-state index is 12.9. The number of benzene rings is 2. The molecule has 3 nitrogen and oxygen atoms in total. The molecule has 1 saturated carbocycles. The second-order valence-electron chi connectivity index (χ2n) is 7.70. The van der Waals surface area contributed by atoms with Crippen molar-refractivity contribution in [3.63, 3.8) is 0 Å². The van der Waals surface area contributed by atoms with Gasteiger partial charge in [0.1, 0.15) is 0 Å². The maximum atomic E-state index is 12.9. The molecule has 2 fully saturated rings. The summed E-state index contributed by atoms with van der Waals surface area (Å²) in [4.78, 5) is 15.0. The van der Waals surface area contributed by atoms with Gasteiger partial charge in [0.15, 0.2) is 0 Å². The smallest absolute Gasteiger partial charge is 0.226 e. The van der Waals surface area contributed by atoms with Crippen LogP contribution in [0.1, 0.15) is 43.6 Å². The number of nitrogens with two attached hydrogens (primary N) is 1. The molecule has 26 heavy (non-hydrogen) atoms. The van der Waals surface area contributed by atoms with Gasteiger partial charge in [-0.05, 0) is 60.4 Å². The summed E-state index contributed by atoms with van der Waals surface area (Å²) < 4.78 is 0. The lowest BCUT2D eigenvalue weighted by molar-refractivity contribution is -0.137. The summed E-state index contributed by atoms with van der Waals surface area (Å²) in [5.41, 5.74) is 7.32. The quantitative estimate of drug-likeness (QED) is 0.870. The molecule has 1 heterocycles. The van der Waals surface area contributed by atoms with Crippen molar-refractivity contribution in [3.8, 4) is 0 Å². The van der Waals surface area contributed by atoms with E-state index in [9.17, 15) is 4.79 Å². The Morgan fingerprint density at radius 3 is 2.50 bits per heavy atom. The van der Waals surface area contributed by atoms with Gasteiger partial charge in [-0.1, -0.05) is 48.9 Å². The minimum absolute atomic E-state index is 0. The summed E-state index contributed by atoms with van der Waals surface area (Å²) in [6.45, 7) is 2.43. The molecule has 0 spiro atoms. The van der Waals surface area contributed by atoms with Crippen molar-refractivity contribution in [2.24, 2.45) is 17.6 Å². The highest BCUT2D eigenvalue weighted by Crippen LogP contribution is 2.36. The first-order valence-corrected chi connectivity index (χ1v) is 9.74. The molecule has 0 aromatic heterocycles. The number of nitrogens with zero attached hydrogens (tertiary/aromatic N) is 1. The molecule has 140 valence electrons. The van der Waals surface area contributed by atoms with Gasteiger partial charge in [0.25, 0.3) is 0 Å². The molecule has 0 bridgehead atoms. The van der Waals surface area contributed by atoms with Gasteiger partial charge in [-0.2, -0.15) is 0 Å². The van der Waals surface area contributed by atoms with Gasteiger partial charge in [-0.15, -0.1) is 12.4 Å². The van der Waals surface area contributed by atoms with Crippen LogP contribution >= 0.6 is 12.4 Å². The van der Waals surface area contributed by atoms with Gasteiger partial charge in [0.05, 0.1) is 0 Å². The van der Waals surface area contributed by atoms with E-state index in [0.29, 0.717) is 24.3 Å². The van der Waals surface area contributed by atoms with E-state index < -0.39 is 0 Å². The van der Waals surface area contributed by atoms with Gasteiger partial charge < -0.3 is 10.6 Å². The number of fused-ring (bicyclic) bond motifs is 1. The van der Waals surface area contributed by atoms with Crippen molar-refractivity contribution < 1.29 is 4.79 Å². The fourth-order valence-electron chi connectivity index (χ4n) is 4.90. The Bertz CT molecular complexity index is 749. The molecule has 2 aromatic carbocycles. The van der Waals surface area contributed by atoms with Crippen LogP contribution < -0.4 is 5.73 Å². The van der Waals surface area contributed by atoms with Crippen LogP contribution in [-0.2, 0) is 4.79 Å². The van der Waals surface area contributed by atoms with Crippen molar-refractivity contribution in [2.75, 3.05) is 19.6 Å². The molecular formula is C22H29ClN2O. The van der Waals surface area contributed by atoms with Crippen molar-refractivity contribution in [1.82, 2.24) is 4.90 Å². The summed E-state index contributed by atoms with van der Waals surface area (Å²) in [6, 6.07) is 15.3. The molecule has 2 N–H and O–H groups in total. The Kier molecular flexibility index (Phi) is 6.20. The number of hydrogen-bond acceptors (Lipinski definition) is 2. The predicted octanol–water partition coefficient (Wildman–Crippen LogP) is 4.34. The van der Waals surface area contributed by atoms with Crippen molar-refractivity contribution in [1.29, 1.82) is 0 Å². The molecule has 4 rings (SSSR count). The molecule has 2 atom stereocenters. The zero-order valence-electron chi connectivity index (χ0n) is 15.3. The third-order valence-corrected chi connectivity index (χ3v) is 6.35. The van der Waals surface area contributed by atoms with E-state index in [2.05, 4.69) is 47.4 Å². The van der Waals surface area contributed by atoms with Gasteiger partial charge >= 0.3 is 0 Å². The minimum atomic E-state index is 0. The molecule has 1 aliphatic heterocycles. The lowest BCUT2D eigenvalue weighted by atomic mass is 9.85. The highest BCUT2D eigenvalue weighted by molar-refractivity contribution is 5.86. The molecular weight excluding hydrogens is 344 g/mol. The summed E-state index contributed by atoms with van der Waals surface area (Å²) >= 11 is 0. The summed E-state index contributed by atoms with van der Waals surface area (Å²) in [5, 5.41) is 2.68. The molecule has 0 radical (unpaired) electrons. The van der Waals surface area contributed by atoms with Crippen molar-refractivity contribution >= 4 is 29.1 Å². The topological polar surface area (TPSA) is 46.3 Å². The standard InChI is InChI=1S/C22H28N2O.ClH/c23-15-18-7-4-10-21(18)22(25)24-13-11-17(12-14-24)20-9-3-6-16-5-1-2-8-19(16)20;/h1-3,5-6,8-9,17-18,21H,4,7,10-15,23H2;1H/t18-,21-;/m1./s1. The van der Waals surface area contributed by atoms with Crippen LogP contribution in [0.4, 0.5) is 0 Å². The molecule has 2 aliphatic rings. The molecule has 4 heteroatoms. The van der Waals surface area contributed by atoms with E-state index >= 15 is 0 Å². The predicted molar refractivity (Wildman–Crippen MR) is 110 cm³/mol. The fraction of sp³-hybridized carbons (Fsp3) is 0.500. The SMILES string of the molecule is Cl.NC[C@H]1CCC[C@H]1C(=O)N1CCC(c2cccc3ccccc23)CC1. The first kappa shape index (κ1) is 19.2. The van der Waals surface area contributed by atoms with E-state index in [-0.39, 0.29) is 18.3 Å². The summed E-state index contributed by atoms with van der Waals surface area (Å²) in [5.74, 6) is 1.51. The number of hydrogen-bond donors (Lipinski definition) is 1. The van der Waals surface area contributed by atoms with Crippen LogP contribution in [0.3, 0.4) is 0 Å². The molecule has 0 unspecified atom stereocenters. The highest BCUT2D eigenvalue weighted by atomic mass is 35.5.